The average Bonchev–Trinajstić information content (AvgIpc) is 3.84. The SMILES string of the molecule is CCCn1nccc1C(=O)N[C@H](C(=O)Nc1ccc(-c2c(CC)n[nH]c2CC)cc1)C(C1CC1)C1CC1. The first-order valence-corrected chi connectivity index (χ1v) is 13.8. The van der Waals surface area contributed by atoms with E-state index in [1.165, 1.54) is 0 Å². The molecule has 2 aromatic heterocycles. The molecule has 0 bridgehead atoms. The lowest BCUT2D eigenvalue weighted by atomic mass is 9.88. The van der Waals surface area contributed by atoms with Crippen molar-refractivity contribution in [1.29, 1.82) is 0 Å². The number of rotatable bonds is 12. The van der Waals surface area contributed by atoms with Crippen molar-refractivity contribution in [3.63, 3.8) is 0 Å². The Hall–Kier alpha value is -3.42. The summed E-state index contributed by atoms with van der Waals surface area (Å²) in [7, 11) is 0. The summed E-state index contributed by atoms with van der Waals surface area (Å²) < 4.78 is 1.72. The van der Waals surface area contributed by atoms with E-state index in [4.69, 9.17) is 0 Å². The topological polar surface area (TPSA) is 105 Å². The van der Waals surface area contributed by atoms with Gasteiger partial charge in [0.15, 0.2) is 0 Å². The Labute approximate surface area is 218 Å². The second kappa shape index (κ2) is 10.9. The van der Waals surface area contributed by atoms with Gasteiger partial charge in [0, 0.05) is 29.7 Å². The third-order valence-corrected chi connectivity index (χ3v) is 7.72. The number of aromatic amines is 1. The van der Waals surface area contributed by atoms with Crippen LogP contribution in [0.15, 0.2) is 36.5 Å². The molecule has 5 rings (SSSR count). The Morgan fingerprint density at radius 1 is 1.03 bits per heavy atom. The highest BCUT2D eigenvalue weighted by Gasteiger charge is 2.48. The van der Waals surface area contributed by atoms with Crippen LogP contribution in [0.2, 0.25) is 0 Å². The van der Waals surface area contributed by atoms with Crippen molar-refractivity contribution in [2.24, 2.45) is 17.8 Å². The Kier molecular flexibility index (Phi) is 7.44. The minimum absolute atomic E-state index is 0.140. The average molecular weight is 503 g/mol. The van der Waals surface area contributed by atoms with Crippen LogP contribution in [-0.4, -0.2) is 37.8 Å². The summed E-state index contributed by atoms with van der Waals surface area (Å²) in [6, 6.07) is 9.12. The fourth-order valence-electron chi connectivity index (χ4n) is 5.57. The van der Waals surface area contributed by atoms with Gasteiger partial charge in [0.05, 0.1) is 5.69 Å². The number of amides is 2. The van der Waals surface area contributed by atoms with Gasteiger partial charge in [-0.1, -0.05) is 32.9 Å². The molecule has 0 unspecified atom stereocenters. The molecule has 1 aromatic carbocycles. The normalized spacial score (nSPS) is 16.1. The minimum atomic E-state index is -0.565. The maximum absolute atomic E-state index is 13.7. The van der Waals surface area contributed by atoms with Crippen molar-refractivity contribution in [2.45, 2.75) is 78.3 Å². The minimum Gasteiger partial charge on any atom is -0.339 e. The summed E-state index contributed by atoms with van der Waals surface area (Å²) >= 11 is 0. The van der Waals surface area contributed by atoms with Gasteiger partial charge in [0.1, 0.15) is 11.7 Å². The van der Waals surface area contributed by atoms with Gasteiger partial charge in [-0.15, -0.1) is 0 Å². The Balaban J connectivity index is 1.35. The number of nitrogens with one attached hydrogen (secondary N) is 3. The number of hydrogen-bond acceptors (Lipinski definition) is 4. The quantitative estimate of drug-likeness (QED) is 0.325. The molecule has 196 valence electrons. The van der Waals surface area contributed by atoms with E-state index >= 15 is 0 Å². The molecule has 0 spiro atoms. The number of carbonyl (C=O) groups is 2. The van der Waals surface area contributed by atoms with Crippen LogP contribution in [0.5, 0.6) is 0 Å². The van der Waals surface area contributed by atoms with E-state index in [-0.39, 0.29) is 17.7 Å². The highest BCUT2D eigenvalue weighted by Crippen LogP contribution is 2.51. The molecule has 1 atom stereocenters. The number of aromatic nitrogens is 4. The maximum Gasteiger partial charge on any atom is 0.270 e. The largest absolute Gasteiger partial charge is 0.339 e. The summed E-state index contributed by atoms with van der Waals surface area (Å²) in [4.78, 5) is 27.0. The number of benzene rings is 1. The van der Waals surface area contributed by atoms with E-state index in [0.29, 0.717) is 24.1 Å². The maximum atomic E-state index is 13.7. The lowest BCUT2D eigenvalue weighted by Gasteiger charge is -2.27. The van der Waals surface area contributed by atoms with Crippen molar-refractivity contribution in [2.75, 3.05) is 5.32 Å². The van der Waals surface area contributed by atoms with Gasteiger partial charge in [0.25, 0.3) is 5.91 Å². The summed E-state index contributed by atoms with van der Waals surface area (Å²) in [6.45, 7) is 6.95. The highest BCUT2D eigenvalue weighted by molar-refractivity contribution is 6.01. The van der Waals surface area contributed by atoms with Crippen molar-refractivity contribution in [1.82, 2.24) is 25.3 Å². The summed E-state index contributed by atoms with van der Waals surface area (Å²) in [6.07, 6.45) is 8.79. The lowest BCUT2D eigenvalue weighted by Crippen LogP contribution is -2.50. The molecule has 2 saturated carbocycles. The molecule has 2 aliphatic rings. The van der Waals surface area contributed by atoms with E-state index in [1.54, 1.807) is 16.9 Å². The van der Waals surface area contributed by atoms with Gasteiger partial charge in [-0.05, 0) is 86.5 Å². The molecule has 0 aliphatic heterocycles. The molecule has 0 radical (unpaired) electrons. The van der Waals surface area contributed by atoms with E-state index in [0.717, 1.165) is 73.1 Å². The predicted molar refractivity (Wildman–Crippen MR) is 144 cm³/mol. The first-order chi connectivity index (χ1) is 18.0. The monoisotopic (exact) mass is 502 g/mol. The molecule has 8 nitrogen and oxygen atoms in total. The van der Waals surface area contributed by atoms with Gasteiger partial charge in [-0.2, -0.15) is 10.2 Å². The second-order valence-corrected chi connectivity index (χ2v) is 10.4. The first-order valence-electron chi connectivity index (χ1n) is 13.8. The molecule has 2 fully saturated rings. The molecule has 37 heavy (non-hydrogen) atoms. The zero-order valence-electron chi connectivity index (χ0n) is 22.1. The van der Waals surface area contributed by atoms with E-state index < -0.39 is 6.04 Å². The van der Waals surface area contributed by atoms with Gasteiger partial charge < -0.3 is 10.6 Å². The highest BCUT2D eigenvalue weighted by atomic mass is 16.2. The van der Waals surface area contributed by atoms with Crippen LogP contribution >= 0.6 is 0 Å². The zero-order valence-corrected chi connectivity index (χ0v) is 22.1. The standard InChI is InChI=1S/C29H38N6O2/c1-4-17-35-24(15-16-30-35)28(36)32-27(25(18-7-8-18)19-9-10-19)29(37)31-21-13-11-20(12-14-21)26-22(5-2)33-34-23(26)6-3/h11-16,18-19,25,27H,4-10,17H2,1-3H3,(H,31,37)(H,32,36)(H,33,34)/t27-/m0/s1. The number of nitrogens with zero attached hydrogens (tertiary/aromatic N) is 3. The molecule has 2 amide bonds. The lowest BCUT2D eigenvalue weighted by molar-refractivity contribution is -0.119. The first kappa shape index (κ1) is 25.2. The van der Waals surface area contributed by atoms with Crippen molar-refractivity contribution in [3.8, 4) is 11.1 Å². The fourth-order valence-corrected chi connectivity index (χ4v) is 5.57. The number of H-pyrrole nitrogens is 1. The van der Waals surface area contributed by atoms with Crippen LogP contribution in [0.25, 0.3) is 11.1 Å². The summed E-state index contributed by atoms with van der Waals surface area (Å²) in [5, 5.41) is 18.1. The predicted octanol–water partition coefficient (Wildman–Crippen LogP) is 4.98. The molecule has 2 heterocycles. The summed E-state index contributed by atoms with van der Waals surface area (Å²) in [5.41, 5.74) is 5.65. The van der Waals surface area contributed by atoms with Gasteiger partial charge in [-0.3, -0.25) is 19.4 Å². The summed E-state index contributed by atoms with van der Waals surface area (Å²) in [5.74, 6) is 0.820. The van der Waals surface area contributed by atoms with E-state index in [2.05, 4.69) is 46.7 Å². The van der Waals surface area contributed by atoms with Gasteiger partial charge >= 0.3 is 0 Å². The molecular weight excluding hydrogens is 464 g/mol. The second-order valence-electron chi connectivity index (χ2n) is 10.4. The van der Waals surface area contributed by atoms with Crippen molar-refractivity contribution >= 4 is 17.5 Å². The third-order valence-electron chi connectivity index (χ3n) is 7.72. The van der Waals surface area contributed by atoms with Crippen LogP contribution in [0.3, 0.4) is 0 Å². The molecule has 3 aromatic rings. The van der Waals surface area contributed by atoms with E-state index in [1.807, 2.05) is 24.3 Å². The van der Waals surface area contributed by atoms with E-state index in [9.17, 15) is 9.59 Å². The van der Waals surface area contributed by atoms with Crippen LogP contribution in [0.1, 0.15) is 74.8 Å². The molecule has 8 heteroatoms. The Bertz CT molecular complexity index is 1200. The van der Waals surface area contributed by atoms with Crippen molar-refractivity contribution in [3.05, 3.63) is 53.6 Å². The van der Waals surface area contributed by atoms with Crippen LogP contribution in [0, 0.1) is 17.8 Å². The number of aryl methyl sites for hydroxylation is 3. The zero-order chi connectivity index (χ0) is 25.9. The van der Waals surface area contributed by atoms with Crippen LogP contribution in [-0.2, 0) is 24.2 Å². The molecule has 3 N–H and O–H groups in total. The smallest absolute Gasteiger partial charge is 0.270 e. The van der Waals surface area contributed by atoms with Gasteiger partial charge in [0.2, 0.25) is 5.91 Å². The fraction of sp³-hybridized carbons (Fsp3) is 0.517. The van der Waals surface area contributed by atoms with Crippen LogP contribution in [0.4, 0.5) is 5.69 Å². The van der Waals surface area contributed by atoms with Gasteiger partial charge in [-0.25, -0.2) is 0 Å². The Morgan fingerprint density at radius 3 is 2.32 bits per heavy atom. The Morgan fingerprint density at radius 2 is 1.73 bits per heavy atom. The number of anilines is 1. The molecule has 0 saturated heterocycles. The number of hydrogen-bond donors (Lipinski definition) is 3. The van der Waals surface area contributed by atoms with Crippen LogP contribution < -0.4 is 10.6 Å². The molecule has 2 aliphatic carbocycles. The van der Waals surface area contributed by atoms with Crippen molar-refractivity contribution < 1.29 is 9.59 Å². The molecular formula is C29H38N6O2. The third kappa shape index (κ3) is 5.48. The number of carbonyl (C=O) groups excluding carboxylic acids is 2.